The van der Waals surface area contributed by atoms with Crippen LogP contribution in [-0.2, 0) is 4.79 Å². The first-order chi connectivity index (χ1) is 14.7. The van der Waals surface area contributed by atoms with Gasteiger partial charge in [0.15, 0.2) is 5.82 Å². The minimum Gasteiger partial charge on any atom is -0.495 e. The van der Waals surface area contributed by atoms with E-state index in [4.69, 9.17) is 4.74 Å². The van der Waals surface area contributed by atoms with Crippen molar-refractivity contribution in [1.82, 2.24) is 19.5 Å². The number of anilines is 1. The van der Waals surface area contributed by atoms with Crippen molar-refractivity contribution in [3.63, 3.8) is 0 Å². The van der Waals surface area contributed by atoms with E-state index in [1.54, 1.807) is 0 Å². The Morgan fingerprint density at radius 3 is 2.60 bits per heavy atom. The first-order valence-corrected chi connectivity index (χ1v) is 10.0. The number of hydrogen-bond donors (Lipinski definition) is 1. The van der Waals surface area contributed by atoms with Gasteiger partial charge in [-0.1, -0.05) is 42.1 Å². The Labute approximate surface area is 176 Å². The predicted octanol–water partition coefficient (Wildman–Crippen LogP) is 3.94. The molecule has 0 aliphatic carbocycles. The van der Waals surface area contributed by atoms with Crippen LogP contribution < -0.4 is 10.1 Å². The molecule has 0 fully saturated rings. The van der Waals surface area contributed by atoms with Gasteiger partial charge in [0.25, 0.3) is 0 Å². The number of carbonyl (C=O) groups excluding carboxylic acids is 1. The van der Waals surface area contributed by atoms with Crippen molar-refractivity contribution in [3.8, 4) is 17.1 Å². The molecule has 0 aliphatic rings. The molecule has 0 saturated heterocycles. The Morgan fingerprint density at radius 2 is 1.87 bits per heavy atom. The average Bonchev–Trinajstić information content (AvgIpc) is 3.42. The second-order valence-corrected chi connectivity index (χ2v) is 7.17. The van der Waals surface area contributed by atoms with Gasteiger partial charge in [-0.15, -0.1) is 10.2 Å². The highest BCUT2D eigenvalue weighted by molar-refractivity contribution is 7.99. The molecule has 2 aromatic carbocycles. The zero-order chi connectivity index (χ0) is 20.9. The van der Waals surface area contributed by atoms with Crippen molar-refractivity contribution in [2.75, 3.05) is 18.2 Å². The first-order valence-electron chi connectivity index (χ1n) is 9.06. The van der Waals surface area contributed by atoms with E-state index < -0.39 is 5.82 Å². The predicted molar refractivity (Wildman–Crippen MR) is 113 cm³/mol. The van der Waals surface area contributed by atoms with Crippen molar-refractivity contribution in [2.24, 2.45) is 0 Å². The van der Waals surface area contributed by atoms with Crippen LogP contribution in [-0.4, -0.2) is 38.3 Å². The van der Waals surface area contributed by atoms with Crippen LogP contribution in [0, 0.1) is 5.82 Å². The van der Waals surface area contributed by atoms with Gasteiger partial charge in [0.05, 0.1) is 18.6 Å². The summed E-state index contributed by atoms with van der Waals surface area (Å²) in [5.41, 5.74) is 1.18. The quantitative estimate of drug-likeness (QED) is 0.456. The van der Waals surface area contributed by atoms with Crippen LogP contribution in [0.2, 0.25) is 0 Å². The molecule has 4 rings (SSSR count). The molecule has 7 nitrogen and oxygen atoms in total. The van der Waals surface area contributed by atoms with Crippen molar-refractivity contribution < 1.29 is 13.9 Å². The maximum Gasteiger partial charge on any atom is 0.234 e. The third kappa shape index (κ3) is 4.20. The zero-order valence-corrected chi connectivity index (χ0v) is 16.8. The number of nitrogens with zero attached hydrogens (tertiary/aromatic N) is 4. The van der Waals surface area contributed by atoms with Crippen molar-refractivity contribution in [2.45, 2.75) is 5.16 Å². The Morgan fingerprint density at radius 1 is 1.10 bits per heavy atom. The molecule has 0 aliphatic heterocycles. The molecule has 0 bridgehead atoms. The number of methoxy groups -OCH3 is 1. The Kier molecular flexibility index (Phi) is 5.80. The van der Waals surface area contributed by atoms with Gasteiger partial charge in [0.2, 0.25) is 11.1 Å². The van der Waals surface area contributed by atoms with E-state index in [9.17, 15) is 9.18 Å². The number of halogens is 1. The molecule has 0 unspecified atom stereocenters. The summed E-state index contributed by atoms with van der Waals surface area (Å²) in [5.74, 6) is 0.331. The molecule has 1 amide bonds. The van der Waals surface area contributed by atoms with Crippen LogP contribution in [0.25, 0.3) is 11.4 Å². The number of rotatable bonds is 7. The van der Waals surface area contributed by atoms with Gasteiger partial charge in [-0.3, -0.25) is 9.47 Å². The molecule has 0 radical (unpaired) electrons. The number of nitrogens with one attached hydrogen (secondary N) is 1. The van der Waals surface area contributed by atoms with Gasteiger partial charge in [-0.05, 0) is 24.3 Å². The van der Waals surface area contributed by atoms with Gasteiger partial charge >= 0.3 is 0 Å². The number of ether oxygens (including phenoxy) is 1. The fourth-order valence-electron chi connectivity index (χ4n) is 2.88. The summed E-state index contributed by atoms with van der Waals surface area (Å²) < 4.78 is 22.4. The lowest BCUT2D eigenvalue weighted by Gasteiger charge is -2.12. The fraction of sp³-hybridized carbons (Fsp3) is 0.0952. The molecule has 4 aromatic rings. The largest absolute Gasteiger partial charge is 0.495 e. The van der Waals surface area contributed by atoms with E-state index in [1.165, 1.54) is 37.1 Å². The molecule has 1 N–H and O–H groups in total. The SMILES string of the molecule is COc1ccc(F)cc1NC(=O)CSc1nnc(-c2ccccc2)n1-n1cccc1. The third-order valence-electron chi connectivity index (χ3n) is 4.23. The lowest BCUT2D eigenvalue weighted by molar-refractivity contribution is -0.113. The number of carbonyl (C=O) groups is 1. The molecule has 30 heavy (non-hydrogen) atoms. The highest BCUT2D eigenvalue weighted by Gasteiger charge is 2.17. The van der Waals surface area contributed by atoms with Crippen molar-refractivity contribution >= 4 is 23.4 Å². The second-order valence-electron chi connectivity index (χ2n) is 6.23. The molecule has 0 spiro atoms. The highest BCUT2D eigenvalue weighted by atomic mass is 32.2. The van der Waals surface area contributed by atoms with Crippen molar-refractivity contribution in [3.05, 3.63) is 78.9 Å². The summed E-state index contributed by atoms with van der Waals surface area (Å²) >= 11 is 1.23. The van der Waals surface area contributed by atoms with E-state index in [-0.39, 0.29) is 17.3 Å². The van der Waals surface area contributed by atoms with Gasteiger partial charge in [-0.2, -0.15) is 0 Å². The number of thioether (sulfide) groups is 1. The lowest BCUT2D eigenvalue weighted by Crippen LogP contribution is -2.16. The van der Waals surface area contributed by atoms with Gasteiger partial charge < -0.3 is 10.1 Å². The highest BCUT2D eigenvalue weighted by Crippen LogP contribution is 2.27. The van der Waals surface area contributed by atoms with E-state index in [0.29, 0.717) is 16.7 Å². The summed E-state index contributed by atoms with van der Waals surface area (Å²) in [6.45, 7) is 0. The minimum absolute atomic E-state index is 0.0634. The van der Waals surface area contributed by atoms with Crippen LogP contribution in [0.15, 0.2) is 78.2 Å². The van der Waals surface area contributed by atoms with Crippen LogP contribution in [0.4, 0.5) is 10.1 Å². The maximum atomic E-state index is 13.5. The average molecular weight is 423 g/mol. The topological polar surface area (TPSA) is 74.0 Å². The van der Waals surface area contributed by atoms with E-state index in [1.807, 2.05) is 64.2 Å². The minimum atomic E-state index is -0.460. The molecular formula is C21H18FN5O2S. The first kappa shape index (κ1) is 19.7. The molecule has 152 valence electrons. The molecule has 2 heterocycles. The molecule has 2 aromatic heterocycles. The number of aromatic nitrogens is 4. The van der Waals surface area contributed by atoms with Gasteiger partial charge in [0.1, 0.15) is 11.6 Å². The Hall–Kier alpha value is -3.59. The monoisotopic (exact) mass is 423 g/mol. The zero-order valence-electron chi connectivity index (χ0n) is 16.0. The van der Waals surface area contributed by atoms with Crippen LogP contribution in [0.1, 0.15) is 0 Å². The van der Waals surface area contributed by atoms with Crippen LogP contribution in [0.5, 0.6) is 5.75 Å². The van der Waals surface area contributed by atoms with E-state index in [0.717, 1.165) is 5.56 Å². The Balaban J connectivity index is 1.55. The summed E-state index contributed by atoms with van der Waals surface area (Å²) in [4.78, 5) is 12.5. The summed E-state index contributed by atoms with van der Waals surface area (Å²) in [5, 5.41) is 11.8. The van der Waals surface area contributed by atoms with E-state index >= 15 is 0 Å². The summed E-state index contributed by atoms with van der Waals surface area (Å²) in [6, 6.07) is 17.4. The van der Waals surface area contributed by atoms with E-state index in [2.05, 4.69) is 15.5 Å². The fourth-order valence-corrected chi connectivity index (χ4v) is 3.62. The van der Waals surface area contributed by atoms with Crippen LogP contribution >= 0.6 is 11.8 Å². The van der Waals surface area contributed by atoms with Crippen LogP contribution in [0.3, 0.4) is 0 Å². The molecule has 0 atom stereocenters. The molecular weight excluding hydrogens is 405 g/mol. The standard InChI is InChI=1S/C21H18FN5O2S/c1-29-18-10-9-16(22)13-17(18)23-19(28)14-30-21-25-24-20(15-7-3-2-4-8-15)27(21)26-11-5-6-12-26/h2-13H,14H2,1H3,(H,23,28). The maximum absolute atomic E-state index is 13.5. The summed E-state index contributed by atoms with van der Waals surface area (Å²) in [7, 11) is 1.46. The smallest absolute Gasteiger partial charge is 0.234 e. The number of hydrogen-bond acceptors (Lipinski definition) is 5. The second kappa shape index (κ2) is 8.83. The van der Waals surface area contributed by atoms with Gasteiger partial charge in [0, 0.05) is 24.0 Å². The van der Waals surface area contributed by atoms with Gasteiger partial charge in [-0.25, -0.2) is 9.07 Å². The summed E-state index contributed by atoms with van der Waals surface area (Å²) in [6.07, 6.45) is 3.75. The van der Waals surface area contributed by atoms with Crippen molar-refractivity contribution in [1.29, 1.82) is 0 Å². The molecule has 0 saturated carbocycles. The number of amides is 1. The lowest BCUT2D eigenvalue weighted by atomic mass is 10.2. The molecule has 9 heteroatoms. The Bertz CT molecular complexity index is 1150. The number of benzene rings is 2. The third-order valence-corrected chi connectivity index (χ3v) is 5.15. The normalized spacial score (nSPS) is 10.7.